The van der Waals surface area contributed by atoms with Crippen molar-refractivity contribution in [2.75, 3.05) is 44.7 Å². The second kappa shape index (κ2) is 9.82. The average Bonchev–Trinajstić information content (AvgIpc) is 2.81. The van der Waals surface area contributed by atoms with E-state index in [1.165, 1.54) is 31.3 Å². The molecule has 2 aromatic carbocycles. The Morgan fingerprint density at radius 3 is 2.61 bits per heavy atom. The van der Waals surface area contributed by atoms with Crippen LogP contribution >= 0.6 is 0 Å². The Morgan fingerprint density at radius 1 is 1.22 bits per heavy atom. The van der Waals surface area contributed by atoms with Crippen LogP contribution in [-0.4, -0.2) is 52.0 Å². The maximum Gasteiger partial charge on any atom is 0.416 e. The zero-order valence-electron chi connectivity index (χ0n) is 20.0. The summed E-state index contributed by atoms with van der Waals surface area (Å²) < 4.78 is 56.7. The lowest BCUT2D eigenvalue weighted by atomic mass is 9.86. The van der Waals surface area contributed by atoms with Crippen molar-refractivity contribution in [2.24, 2.45) is 0 Å². The minimum Gasteiger partial charge on any atom is -0.481 e. The first-order chi connectivity index (χ1) is 17.1. The Hall–Kier alpha value is -3.57. The lowest BCUT2D eigenvalue weighted by molar-refractivity contribution is -0.138. The maximum atomic E-state index is 13.4. The molecule has 0 fully saturated rings. The van der Waals surface area contributed by atoms with Crippen LogP contribution in [0.15, 0.2) is 42.5 Å². The van der Waals surface area contributed by atoms with E-state index in [-0.39, 0.29) is 38.0 Å². The molecule has 2 aliphatic heterocycles. The molecule has 2 aromatic rings. The van der Waals surface area contributed by atoms with Crippen LogP contribution in [-0.2, 0) is 27.0 Å². The van der Waals surface area contributed by atoms with Crippen molar-refractivity contribution in [3.63, 3.8) is 0 Å². The molecule has 0 unspecified atom stereocenters. The molecule has 11 heteroatoms. The van der Waals surface area contributed by atoms with E-state index >= 15 is 0 Å². The monoisotopic (exact) mass is 505 g/mol. The fourth-order valence-corrected chi connectivity index (χ4v) is 4.53. The highest BCUT2D eigenvalue weighted by Gasteiger charge is 2.41. The number of benzene rings is 2. The van der Waals surface area contributed by atoms with Crippen LogP contribution in [0.1, 0.15) is 23.1 Å². The summed E-state index contributed by atoms with van der Waals surface area (Å²) in [5, 5.41) is 5.57. The third-order valence-corrected chi connectivity index (χ3v) is 6.11. The van der Waals surface area contributed by atoms with Crippen molar-refractivity contribution in [2.45, 2.75) is 24.7 Å². The second-order valence-electron chi connectivity index (χ2n) is 8.72. The number of hydrogen-bond donors (Lipinski definition) is 2. The molecule has 0 spiro atoms. The fourth-order valence-electron chi connectivity index (χ4n) is 4.53. The number of halogens is 3. The van der Waals surface area contributed by atoms with Gasteiger partial charge in [-0.15, -0.1) is 0 Å². The molecular formula is C25H26F3N3O5. The molecule has 192 valence electrons. The Balaban J connectivity index is 1.71. The minimum atomic E-state index is -4.56. The van der Waals surface area contributed by atoms with Crippen molar-refractivity contribution in [3.8, 4) is 5.75 Å². The molecule has 0 aliphatic carbocycles. The summed E-state index contributed by atoms with van der Waals surface area (Å²) in [5.74, 6) is -0.486. The van der Waals surface area contributed by atoms with Crippen molar-refractivity contribution in [3.05, 3.63) is 59.2 Å². The number of methoxy groups -OCH3 is 2. The van der Waals surface area contributed by atoms with Crippen molar-refractivity contribution < 1.29 is 37.0 Å². The molecule has 0 aromatic heterocycles. The standard InChI is InChI=1S/C25H26F3N3O5/c1-31-20-6-4-5-19(18(20)12-29-23(31)33)30-22(32)9-15-11-24(13-34-2,14-35-3)36-21-10-16(25(26,27)28)7-8-17(15)21/h4-10H,11-14H2,1-3H3,(H,29,33)(H,30,32). The molecule has 0 saturated carbocycles. The third kappa shape index (κ3) is 5.02. The smallest absolute Gasteiger partial charge is 0.416 e. The van der Waals surface area contributed by atoms with Gasteiger partial charge in [-0.1, -0.05) is 12.1 Å². The Morgan fingerprint density at radius 2 is 1.94 bits per heavy atom. The largest absolute Gasteiger partial charge is 0.481 e. The number of hydrogen-bond acceptors (Lipinski definition) is 5. The number of amides is 3. The summed E-state index contributed by atoms with van der Waals surface area (Å²) in [4.78, 5) is 26.5. The first-order valence-electron chi connectivity index (χ1n) is 11.1. The van der Waals surface area contributed by atoms with Crippen molar-refractivity contribution in [1.82, 2.24) is 5.32 Å². The van der Waals surface area contributed by atoms with Crippen LogP contribution in [0.5, 0.6) is 5.75 Å². The predicted molar refractivity (Wildman–Crippen MR) is 127 cm³/mol. The molecule has 2 N–H and O–H groups in total. The van der Waals surface area contributed by atoms with Gasteiger partial charge in [-0.3, -0.25) is 9.69 Å². The van der Waals surface area contributed by atoms with Crippen LogP contribution in [0, 0.1) is 0 Å². The normalized spacial score (nSPS) is 17.7. The van der Waals surface area contributed by atoms with E-state index < -0.39 is 23.2 Å². The van der Waals surface area contributed by atoms with Gasteiger partial charge in [0, 0.05) is 57.1 Å². The number of fused-ring (bicyclic) bond motifs is 2. The molecule has 8 nitrogen and oxygen atoms in total. The zero-order chi connectivity index (χ0) is 26.1. The SMILES string of the molecule is COCC1(COC)CC(=CC(=O)Nc2cccc3c2CNC(=O)N3C)c2ccc(C(F)(F)F)cc2O1. The van der Waals surface area contributed by atoms with Gasteiger partial charge in [0.1, 0.15) is 5.75 Å². The first-order valence-corrected chi connectivity index (χ1v) is 11.1. The number of nitrogens with zero attached hydrogens (tertiary/aromatic N) is 1. The summed E-state index contributed by atoms with van der Waals surface area (Å²) in [7, 11) is 4.53. The quantitative estimate of drug-likeness (QED) is 0.575. The lowest BCUT2D eigenvalue weighted by Gasteiger charge is -2.39. The van der Waals surface area contributed by atoms with E-state index in [0.717, 1.165) is 17.7 Å². The van der Waals surface area contributed by atoms with E-state index in [4.69, 9.17) is 14.2 Å². The number of rotatable bonds is 6. The molecule has 0 atom stereocenters. The summed E-state index contributed by atoms with van der Waals surface area (Å²) >= 11 is 0. The number of carbonyl (C=O) groups is 2. The topological polar surface area (TPSA) is 89.1 Å². The fraction of sp³-hybridized carbons (Fsp3) is 0.360. The molecule has 0 radical (unpaired) electrons. The van der Waals surface area contributed by atoms with Gasteiger partial charge in [-0.2, -0.15) is 13.2 Å². The van der Waals surface area contributed by atoms with Gasteiger partial charge in [-0.05, 0) is 29.8 Å². The number of carbonyl (C=O) groups excluding carboxylic acids is 2. The van der Waals surface area contributed by atoms with E-state index in [9.17, 15) is 22.8 Å². The number of urea groups is 1. The van der Waals surface area contributed by atoms with Crippen molar-refractivity contribution >= 4 is 28.9 Å². The maximum absolute atomic E-state index is 13.4. The minimum absolute atomic E-state index is 0.00866. The molecule has 0 bridgehead atoms. The Bertz CT molecular complexity index is 1210. The molecular weight excluding hydrogens is 479 g/mol. The van der Waals surface area contributed by atoms with Gasteiger partial charge in [0.25, 0.3) is 0 Å². The number of anilines is 2. The van der Waals surface area contributed by atoms with Crippen LogP contribution in [0.2, 0.25) is 0 Å². The zero-order valence-corrected chi connectivity index (χ0v) is 20.0. The third-order valence-electron chi connectivity index (χ3n) is 6.11. The lowest BCUT2D eigenvalue weighted by Crippen LogP contribution is -2.47. The summed E-state index contributed by atoms with van der Waals surface area (Å²) in [6.07, 6.45) is -3.04. The van der Waals surface area contributed by atoms with Gasteiger partial charge in [0.2, 0.25) is 5.91 Å². The average molecular weight is 505 g/mol. The van der Waals surface area contributed by atoms with Crippen LogP contribution in [0.3, 0.4) is 0 Å². The highest BCUT2D eigenvalue weighted by atomic mass is 19.4. The number of alkyl halides is 3. The molecule has 2 aliphatic rings. The van der Waals surface area contributed by atoms with Crippen LogP contribution in [0.25, 0.3) is 5.57 Å². The first kappa shape index (κ1) is 25.5. The summed E-state index contributed by atoms with van der Waals surface area (Å²) in [6.45, 7) is 0.314. The molecule has 4 rings (SSSR count). The highest BCUT2D eigenvalue weighted by Crippen LogP contribution is 2.43. The van der Waals surface area contributed by atoms with Crippen LogP contribution in [0.4, 0.5) is 29.3 Å². The molecule has 0 saturated heterocycles. The van der Waals surface area contributed by atoms with Gasteiger partial charge in [-0.25, -0.2) is 4.79 Å². The van der Waals surface area contributed by atoms with Crippen LogP contribution < -0.4 is 20.3 Å². The van der Waals surface area contributed by atoms with Gasteiger partial charge in [0.05, 0.1) is 24.5 Å². The molecule has 36 heavy (non-hydrogen) atoms. The van der Waals surface area contributed by atoms with E-state index in [1.807, 2.05) is 0 Å². The van der Waals surface area contributed by atoms with Gasteiger partial charge in [0.15, 0.2) is 5.60 Å². The molecule has 3 amide bonds. The second-order valence-corrected chi connectivity index (χ2v) is 8.72. The van der Waals surface area contributed by atoms with E-state index in [0.29, 0.717) is 22.5 Å². The van der Waals surface area contributed by atoms with Gasteiger partial charge >= 0.3 is 12.2 Å². The van der Waals surface area contributed by atoms with Gasteiger partial charge < -0.3 is 24.8 Å². The summed E-state index contributed by atoms with van der Waals surface area (Å²) in [6, 6.07) is 8.15. The number of ether oxygens (including phenoxy) is 3. The summed E-state index contributed by atoms with van der Waals surface area (Å²) in [5.41, 5.74) is 0.792. The van der Waals surface area contributed by atoms with E-state index in [1.54, 1.807) is 25.2 Å². The Labute approximate surface area is 206 Å². The Kier molecular flexibility index (Phi) is 6.96. The number of nitrogens with one attached hydrogen (secondary N) is 2. The van der Waals surface area contributed by atoms with E-state index in [2.05, 4.69) is 10.6 Å². The predicted octanol–water partition coefficient (Wildman–Crippen LogP) is 4.20. The highest BCUT2D eigenvalue weighted by molar-refractivity contribution is 6.06. The van der Waals surface area contributed by atoms with Crippen molar-refractivity contribution in [1.29, 1.82) is 0 Å². The molecule has 2 heterocycles.